The van der Waals surface area contributed by atoms with Crippen molar-refractivity contribution in [1.82, 2.24) is 4.90 Å². The Morgan fingerprint density at radius 3 is 2.67 bits per heavy atom. The molecule has 0 saturated heterocycles. The molecular formula is C14H17NO2S. The number of ether oxygens (including phenoxy) is 1. The first-order valence-corrected chi connectivity index (χ1v) is 6.88. The summed E-state index contributed by atoms with van der Waals surface area (Å²) in [6.45, 7) is 5.46. The second-order valence-corrected chi connectivity index (χ2v) is 5.04. The van der Waals surface area contributed by atoms with Crippen LogP contribution in [0.4, 0.5) is 0 Å². The number of rotatable bonds is 4. The zero-order valence-electron chi connectivity index (χ0n) is 10.9. The highest BCUT2D eigenvalue weighted by Crippen LogP contribution is 2.33. The molecule has 0 bridgehead atoms. The third-order valence-corrected chi connectivity index (χ3v) is 4.09. The first-order valence-electron chi connectivity index (χ1n) is 6.07. The van der Waals surface area contributed by atoms with Gasteiger partial charge in [-0.25, -0.2) is 0 Å². The van der Waals surface area contributed by atoms with Gasteiger partial charge in [-0.15, -0.1) is 11.3 Å². The zero-order chi connectivity index (χ0) is 13.1. The zero-order valence-corrected chi connectivity index (χ0v) is 11.7. The Hall–Kier alpha value is -1.55. The number of hydrogen-bond acceptors (Lipinski definition) is 3. The molecule has 1 amide bonds. The van der Waals surface area contributed by atoms with E-state index in [0.717, 1.165) is 33.8 Å². The Labute approximate surface area is 111 Å². The van der Waals surface area contributed by atoms with Crippen LogP contribution in [0.3, 0.4) is 0 Å². The second kappa shape index (κ2) is 5.40. The van der Waals surface area contributed by atoms with Crippen LogP contribution in [0, 0.1) is 0 Å². The van der Waals surface area contributed by atoms with Crippen molar-refractivity contribution in [2.75, 3.05) is 20.2 Å². The van der Waals surface area contributed by atoms with Gasteiger partial charge in [0.15, 0.2) is 0 Å². The van der Waals surface area contributed by atoms with E-state index in [0.29, 0.717) is 0 Å². The molecule has 1 aromatic heterocycles. The Balaban J connectivity index is 2.44. The van der Waals surface area contributed by atoms with Crippen molar-refractivity contribution in [2.24, 2.45) is 0 Å². The molecule has 0 N–H and O–H groups in total. The normalized spacial score (nSPS) is 10.6. The number of carbonyl (C=O) groups is 1. The fourth-order valence-corrected chi connectivity index (χ4v) is 3.03. The van der Waals surface area contributed by atoms with E-state index in [2.05, 4.69) is 0 Å². The maximum atomic E-state index is 12.3. The van der Waals surface area contributed by atoms with Crippen molar-refractivity contribution in [2.45, 2.75) is 13.8 Å². The van der Waals surface area contributed by atoms with Crippen molar-refractivity contribution in [3.63, 3.8) is 0 Å². The molecule has 0 atom stereocenters. The van der Waals surface area contributed by atoms with E-state index in [-0.39, 0.29) is 5.91 Å². The smallest absolute Gasteiger partial charge is 0.263 e. The summed E-state index contributed by atoms with van der Waals surface area (Å²) in [6.07, 6.45) is 0. The molecule has 96 valence electrons. The molecule has 0 aliphatic rings. The van der Waals surface area contributed by atoms with E-state index in [9.17, 15) is 4.79 Å². The first kappa shape index (κ1) is 12.9. The van der Waals surface area contributed by atoms with Gasteiger partial charge in [-0.2, -0.15) is 0 Å². The molecule has 0 unspecified atom stereocenters. The summed E-state index contributed by atoms with van der Waals surface area (Å²) in [5.74, 6) is 0.922. The van der Waals surface area contributed by atoms with Crippen LogP contribution in [0.2, 0.25) is 0 Å². The van der Waals surface area contributed by atoms with E-state index in [1.165, 1.54) is 11.3 Å². The Morgan fingerprint density at radius 2 is 2.06 bits per heavy atom. The Kier molecular flexibility index (Phi) is 3.87. The predicted molar refractivity (Wildman–Crippen MR) is 75.6 cm³/mol. The maximum absolute atomic E-state index is 12.3. The number of benzene rings is 1. The van der Waals surface area contributed by atoms with Gasteiger partial charge < -0.3 is 9.64 Å². The van der Waals surface area contributed by atoms with Crippen LogP contribution < -0.4 is 4.74 Å². The molecule has 1 aromatic carbocycles. The van der Waals surface area contributed by atoms with Crippen molar-refractivity contribution in [3.8, 4) is 5.75 Å². The van der Waals surface area contributed by atoms with Crippen LogP contribution in [0.1, 0.15) is 23.5 Å². The first-order chi connectivity index (χ1) is 8.71. The molecule has 2 aromatic rings. The Morgan fingerprint density at radius 1 is 1.33 bits per heavy atom. The number of carbonyl (C=O) groups excluding carboxylic acids is 1. The van der Waals surface area contributed by atoms with Crippen LogP contribution in [0.5, 0.6) is 5.75 Å². The van der Waals surface area contributed by atoms with Crippen LogP contribution in [0.25, 0.3) is 10.1 Å². The number of fused-ring (bicyclic) bond motifs is 1. The standard InChI is InChI=1S/C14H17NO2S/c1-4-15(5-2)14(16)13-9-10-11(17-3)7-6-8-12(10)18-13/h6-9H,4-5H2,1-3H3. The lowest BCUT2D eigenvalue weighted by molar-refractivity contribution is 0.0778. The van der Waals surface area contributed by atoms with Crippen LogP contribution >= 0.6 is 11.3 Å². The Bertz CT molecular complexity index is 558. The van der Waals surface area contributed by atoms with Gasteiger partial charge >= 0.3 is 0 Å². The van der Waals surface area contributed by atoms with Gasteiger partial charge in [0, 0.05) is 23.2 Å². The summed E-state index contributed by atoms with van der Waals surface area (Å²) in [4.78, 5) is 14.9. The van der Waals surface area contributed by atoms with Crippen molar-refractivity contribution < 1.29 is 9.53 Å². The summed E-state index contributed by atoms with van der Waals surface area (Å²) in [5, 5.41) is 1.01. The lowest BCUT2D eigenvalue weighted by Crippen LogP contribution is -2.29. The minimum Gasteiger partial charge on any atom is -0.496 e. The average Bonchev–Trinajstić information content (AvgIpc) is 2.83. The number of amides is 1. The van der Waals surface area contributed by atoms with Gasteiger partial charge in [-0.05, 0) is 32.0 Å². The summed E-state index contributed by atoms with van der Waals surface area (Å²) < 4.78 is 6.40. The summed E-state index contributed by atoms with van der Waals surface area (Å²) in [6, 6.07) is 7.81. The summed E-state index contributed by atoms with van der Waals surface area (Å²) in [7, 11) is 1.65. The highest BCUT2D eigenvalue weighted by molar-refractivity contribution is 7.20. The van der Waals surface area contributed by atoms with Crippen LogP contribution in [-0.2, 0) is 0 Å². The monoisotopic (exact) mass is 263 g/mol. The van der Waals surface area contributed by atoms with E-state index in [4.69, 9.17) is 4.74 Å². The molecule has 4 heteroatoms. The van der Waals surface area contributed by atoms with Gasteiger partial charge in [0.25, 0.3) is 5.91 Å². The van der Waals surface area contributed by atoms with Crippen molar-refractivity contribution in [1.29, 1.82) is 0 Å². The van der Waals surface area contributed by atoms with E-state index in [1.54, 1.807) is 7.11 Å². The maximum Gasteiger partial charge on any atom is 0.263 e. The average molecular weight is 263 g/mol. The number of methoxy groups -OCH3 is 1. The summed E-state index contributed by atoms with van der Waals surface area (Å²) in [5.41, 5.74) is 0. The third kappa shape index (κ3) is 2.20. The predicted octanol–water partition coefficient (Wildman–Crippen LogP) is 3.39. The molecule has 0 aliphatic heterocycles. The van der Waals surface area contributed by atoms with Crippen molar-refractivity contribution >= 4 is 27.3 Å². The fourth-order valence-electron chi connectivity index (χ4n) is 1.98. The molecule has 1 heterocycles. The van der Waals surface area contributed by atoms with E-state index in [1.807, 2.05) is 43.0 Å². The number of hydrogen-bond donors (Lipinski definition) is 0. The van der Waals surface area contributed by atoms with Gasteiger partial charge in [-0.3, -0.25) is 4.79 Å². The molecule has 0 aliphatic carbocycles. The van der Waals surface area contributed by atoms with E-state index < -0.39 is 0 Å². The second-order valence-electron chi connectivity index (χ2n) is 3.96. The highest BCUT2D eigenvalue weighted by atomic mass is 32.1. The van der Waals surface area contributed by atoms with Gasteiger partial charge in [0.05, 0.1) is 12.0 Å². The van der Waals surface area contributed by atoms with Crippen LogP contribution in [0.15, 0.2) is 24.3 Å². The topological polar surface area (TPSA) is 29.5 Å². The molecule has 0 radical (unpaired) electrons. The lowest BCUT2D eigenvalue weighted by Gasteiger charge is -2.17. The molecule has 0 saturated carbocycles. The molecule has 0 fully saturated rings. The van der Waals surface area contributed by atoms with Crippen molar-refractivity contribution in [3.05, 3.63) is 29.1 Å². The quantitative estimate of drug-likeness (QED) is 0.846. The largest absolute Gasteiger partial charge is 0.496 e. The molecule has 18 heavy (non-hydrogen) atoms. The minimum absolute atomic E-state index is 0.100. The van der Waals surface area contributed by atoms with E-state index >= 15 is 0 Å². The molecule has 0 spiro atoms. The number of thiophene rings is 1. The van der Waals surface area contributed by atoms with Gasteiger partial charge in [0.1, 0.15) is 5.75 Å². The molecule has 2 rings (SSSR count). The summed E-state index contributed by atoms with van der Waals surface area (Å²) >= 11 is 1.52. The van der Waals surface area contributed by atoms with Gasteiger partial charge in [-0.1, -0.05) is 6.07 Å². The lowest BCUT2D eigenvalue weighted by atomic mass is 10.2. The highest BCUT2D eigenvalue weighted by Gasteiger charge is 2.16. The minimum atomic E-state index is 0.100. The SMILES string of the molecule is CCN(CC)C(=O)c1cc2c(OC)cccc2s1. The number of nitrogens with zero attached hydrogens (tertiary/aromatic N) is 1. The van der Waals surface area contributed by atoms with Gasteiger partial charge in [0.2, 0.25) is 0 Å². The fraction of sp³-hybridized carbons (Fsp3) is 0.357. The third-order valence-electron chi connectivity index (χ3n) is 3.00. The molecule has 3 nitrogen and oxygen atoms in total. The molecular weight excluding hydrogens is 246 g/mol. The van der Waals surface area contributed by atoms with Crippen LogP contribution in [-0.4, -0.2) is 31.0 Å².